The van der Waals surface area contributed by atoms with E-state index in [-0.39, 0.29) is 5.91 Å². The summed E-state index contributed by atoms with van der Waals surface area (Å²) in [5, 5.41) is 10.2. The number of nitrogens with one attached hydrogen (secondary N) is 2. The lowest BCUT2D eigenvalue weighted by Crippen LogP contribution is -2.13. The van der Waals surface area contributed by atoms with Crippen LogP contribution in [0.3, 0.4) is 0 Å². The molecule has 0 saturated heterocycles. The van der Waals surface area contributed by atoms with Gasteiger partial charge in [-0.25, -0.2) is 0 Å². The maximum Gasteiger partial charge on any atom is 0.255 e. The Labute approximate surface area is 157 Å². The van der Waals surface area contributed by atoms with Crippen molar-refractivity contribution in [3.63, 3.8) is 0 Å². The number of amides is 1. The molecule has 27 heavy (non-hydrogen) atoms. The number of carbonyl (C=O) groups is 1. The Morgan fingerprint density at radius 1 is 1.00 bits per heavy atom. The molecule has 1 heterocycles. The zero-order chi connectivity index (χ0) is 19.4. The number of H-pyrrole nitrogens is 1. The van der Waals surface area contributed by atoms with Gasteiger partial charge in [0.05, 0.1) is 32.7 Å². The summed E-state index contributed by atoms with van der Waals surface area (Å²) < 4.78 is 15.9. The summed E-state index contributed by atoms with van der Waals surface area (Å²) in [5.41, 5.74) is 3.14. The Morgan fingerprint density at radius 3 is 2.44 bits per heavy atom. The Hall–Kier alpha value is -3.48. The second-order valence-corrected chi connectivity index (χ2v) is 5.82. The standard InChI is InChI=1S/C20H21N3O4/c1-12-18(21-20(24)13-6-5-7-14(10-13)25-2)19(23-22-12)16-9-8-15(26-3)11-17(16)27-4/h5-11H,1-4H3,(H,21,24)(H,22,23). The van der Waals surface area contributed by atoms with Crippen LogP contribution in [0.15, 0.2) is 42.5 Å². The Kier molecular flexibility index (Phi) is 5.30. The van der Waals surface area contributed by atoms with Crippen molar-refractivity contribution in [3.05, 3.63) is 53.7 Å². The molecule has 7 heteroatoms. The summed E-state index contributed by atoms with van der Waals surface area (Å²) in [7, 11) is 4.73. The number of rotatable bonds is 6. The molecule has 7 nitrogen and oxygen atoms in total. The fourth-order valence-electron chi connectivity index (χ4n) is 2.72. The van der Waals surface area contributed by atoms with Crippen LogP contribution in [0.5, 0.6) is 17.2 Å². The van der Waals surface area contributed by atoms with Gasteiger partial charge in [0.2, 0.25) is 0 Å². The van der Waals surface area contributed by atoms with Crippen LogP contribution in [0.4, 0.5) is 5.69 Å². The minimum absolute atomic E-state index is 0.257. The Bertz CT molecular complexity index is 966. The quantitative estimate of drug-likeness (QED) is 0.694. The molecule has 1 aromatic heterocycles. The van der Waals surface area contributed by atoms with E-state index in [9.17, 15) is 4.79 Å². The van der Waals surface area contributed by atoms with E-state index >= 15 is 0 Å². The molecular formula is C20H21N3O4. The highest BCUT2D eigenvalue weighted by atomic mass is 16.5. The maximum atomic E-state index is 12.7. The molecule has 3 rings (SSSR count). The van der Waals surface area contributed by atoms with Gasteiger partial charge in [-0.05, 0) is 37.3 Å². The van der Waals surface area contributed by atoms with Gasteiger partial charge in [-0.2, -0.15) is 5.10 Å². The van der Waals surface area contributed by atoms with E-state index < -0.39 is 0 Å². The first kappa shape index (κ1) is 18.3. The Balaban J connectivity index is 1.97. The molecule has 0 fully saturated rings. The number of methoxy groups -OCH3 is 3. The number of aryl methyl sites for hydroxylation is 1. The predicted molar refractivity (Wildman–Crippen MR) is 103 cm³/mol. The maximum absolute atomic E-state index is 12.7. The zero-order valence-electron chi connectivity index (χ0n) is 15.6. The van der Waals surface area contributed by atoms with Crippen LogP contribution < -0.4 is 19.5 Å². The largest absolute Gasteiger partial charge is 0.497 e. The second-order valence-electron chi connectivity index (χ2n) is 5.82. The highest BCUT2D eigenvalue weighted by molar-refractivity contribution is 6.06. The first-order valence-corrected chi connectivity index (χ1v) is 8.30. The van der Waals surface area contributed by atoms with Gasteiger partial charge in [0, 0.05) is 17.2 Å². The first-order chi connectivity index (χ1) is 13.1. The monoisotopic (exact) mass is 367 g/mol. The number of aromatic nitrogens is 2. The summed E-state index contributed by atoms with van der Waals surface area (Å²) in [6.45, 7) is 1.84. The van der Waals surface area contributed by atoms with Crippen LogP contribution in [0, 0.1) is 6.92 Å². The molecule has 0 aliphatic rings. The molecule has 2 aromatic carbocycles. The molecule has 0 atom stereocenters. The van der Waals surface area contributed by atoms with Gasteiger partial charge in [0.1, 0.15) is 22.9 Å². The number of benzene rings is 2. The van der Waals surface area contributed by atoms with Gasteiger partial charge >= 0.3 is 0 Å². The minimum Gasteiger partial charge on any atom is -0.497 e. The molecule has 0 unspecified atom stereocenters. The molecule has 1 amide bonds. The van der Waals surface area contributed by atoms with Crippen molar-refractivity contribution >= 4 is 11.6 Å². The summed E-state index contributed by atoms with van der Waals surface area (Å²) in [6, 6.07) is 12.4. The van der Waals surface area contributed by atoms with Gasteiger partial charge < -0.3 is 19.5 Å². The number of hydrogen-bond acceptors (Lipinski definition) is 5. The summed E-state index contributed by atoms with van der Waals surface area (Å²) in [6.07, 6.45) is 0. The molecule has 0 radical (unpaired) electrons. The van der Waals surface area contributed by atoms with E-state index in [4.69, 9.17) is 14.2 Å². The Morgan fingerprint density at radius 2 is 1.74 bits per heavy atom. The smallest absolute Gasteiger partial charge is 0.255 e. The van der Waals surface area contributed by atoms with E-state index in [1.165, 1.54) is 0 Å². The van der Waals surface area contributed by atoms with Gasteiger partial charge in [0.15, 0.2) is 0 Å². The number of aromatic amines is 1. The average molecular weight is 367 g/mol. The third-order valence-electron chi connectivity index (χ3n) is 4.18. The van der Waals surface area contributed by atoms with Crippen LogP contribution >= 0.6 is 0 Å². The van der Waals surface area contributed by atoms with Crippen molar-refractivity contribution in [3.8, 4) is 28.5 Å². The molecule has 140 valence electrons. The van der Waals surface area contributed by atoms with Gasteiger partial charge in [-0.3, -0.25) is 9.89 Å². The number of nitrogens with zero attached hydrogens (tertiary/aromatic N) is 1. The third kappa shape index (κ3) is 3.72. The highest BCUT2D eigenvalue weighted by Crippen LogP contribution is 2.37. The predicted octanol–water partition coefficient (Wildman–Crippen LogP) is 3.66. The van der Waals surface area contributed by atoms with Crippen molar-refractivity contribution < 1.29 is 19.0 Å². The van der Waals surface area contributed by atoms with E-state index in [0.717, 1.165) is 11.3 Å². The minimum atomic E-state index is -0.257. The SMILES string of the molecule is COc1cccc(C(=O)Nc2c(-c3ccc(OC)cc3OC)n[nH]c2C)c1. The molecule has 0 saturated carbocycles. The van der Waals surface area contributed by atoms with Gasteiger partial charge in [0.25, 0.3) is 5.91 Å². The molecule has 0 aliphatic heterocycles. The molecule has 3 aromatic rings. The number of anilines is 1. The second kappa shape index (κ2) is 7.82. The lowest BCUT2D eigenvalue weighted by Gasteiger charge is -2.11. The van der Waals surface area contributed by atoms with Crippen LogP contribution in [0.2, 0.25) is 0 Å². The molecule has 0 spiro atoms. The average Bonchev–Trinajstić information content (AvgIpc) is 3.07. The van der Waals surface area contributed by atoms with E-state index in [0.29, 0.717) is 34.2 Å². The number of hydrogen-bond donors (Lipinski definition) is 2. The van der Waals surface area contributed by atoms with Crippen LogP contribution in [-0.4, -0.2) is 37.4 Å². The molecule has 0 aliphatic carbocycles. The summed E-state index contributed by atoms with van der Waals surface area (Å²) in [5.74, 6) is 1.62. The van der Waals surface area contributed by atoms with Gasteiger partial charge in [-0.1, -0.05) is 6.07 Å². The van der Waals surface area contributed by atoms with E-state index in [1.807, 2.05) is 19.1 Å². The van der Waals surface area contributed by atoms with E-state index in [1.54, 1.807) is 51.7 Å². The van der Waals surface area contributed by atoms with Crippen molar-refractivity contribution in [2.45, 2.75) is 6.92 Å². The van der Waals surface area contributed by atoms with Crippen molar-refractivity contribution in [1.82, 2.24) is 10.2 Å². The first-order valence-electron chi connectivity index (χ1n) is 8.30. The topological polar surface area (TPSA) is 85.5 Å². The van der Waals surface area contributed by atoms with Crippen LogP contribution in [-0.2, 0) is 0 Å². The lowest BCUT2D eigenvalue weighted by molar-refractivity contribution is 0.102. The van der Waals surface area contributed by atoms with Crippen LogP contribution in [0.25, 0.3) is 11.3 Å². The third-order valence-corrected chi connectivity index (χ3v) is 4.18. The van der Waals surface area contributed by atoms with Gasteiger partial charge in [-0.15, -0.1) is 0 Å². The molecular weight excluding hydrogens is 346 g/mol. The zero-order valence-corrected chi connectivity index (χ0v) is 15.6. The summed E-state index contributed by atoms with van der Waals surface area (Å²) >= 11 is 0. The fourth-order valence-corrected chi connectivity index (χ4v) is 2.72. The summed E-state index contributed by atoms with van der Waals surface area (Å²) in [4.78, 5) is 12.7. The number of carbonyl (C=O) groups excluding carboxylic acids is 1. The van der Waals surface area contributed by atoms with Crippen molar-refractivity contribution in [2.24, 2.45) is 0 Å². The molecule has 0 bridgehead atoms. The van der Waals surface area contributed by atoms with Crippen molar-refractivity contribution in [1.29, 1.82) is 0 Å². The lowest BCUT2D eigenvalue weighted by atomic mass is 10.1. The normalized spacial score (nSPS) is 10.4. The fraction of sp³-hybridized carbons (Fsp3) is 0.200. The molecule has 2 N–H and O–H groups in total. The van der Waals surface area contributed by atoms with Crippen molar-refractivity contribution in [2.75, 3.05) is 26.6 Å². The van der Waals surface area contributed by atoms with E-state index in [2.05, 4.69) is 15.5 Å². The number of ether oxygens (including phenoxy) is 3. The highest BCUT2D eigenvalue weighted by Gasteiger charge is 2.19. The van der Waals surface area contributed by atoms with Crippen LogP contribution in [0.1, 0.15) is 16.1 Å².